The van der Waals surface area contributed by atoms with Crippen molar-refractivity contribution in [2.45, 2.75) is 25.2 Å². The Morgan fingerprint density at radius 2 is 1.82 bits per heavy atom. The van der Waals surface area contributed by atoms with E-state index in [4.69, 9.17) is 9.84 Å². The molecule has 170 valence electrons. The molecule has 2 aliphatic rings. The van der Waals surface area contributed by atoms with Gasteiger partial charge in [0.1, 0.15) is 11.9 Å². The van der Waals surface area contributed by atoms with Crippen LogP contribution in [0.15, 0.2) is 82.4 Å². The van der Waals surface area contributed by atoms with E-state index in [1.165, 1.54) is 16.6 Å². The monoisotopic (exact) mass is 514 g/mol. The molecule has 0 spiro atoms. The molecule has 0 aliphatic carbocycles. The fourth-order valence-corrected chi connectivity index (χ4v) is 5.30. The van der Waals surface area contributed by atoms with Gasteiger partial charge in [-0.2, -0.15) is 5.10 Å². The Labute approximate surface area is 206 Å². The number of nitrogens with one attached hydrogen (secondary N) is 1. The number of halogens is 1. The lowest BCUT2D eigenvalue weighted by atomic mass is 9.97. The van der Waals surface area contributed by atoms with Crippen molar-refractivity contribution < 1.29 is 9.53 Å². The molecule has 7 heteroatoms. The maximum atomic E-state index is 13.7. The first-order valence-electron chi connectivity index (χ1n) is 11.2. The number of fused-ring (bicyclic) bond motifs is 4. The highest BCUT2D eigenvalue weighted by molar-refractivity contribution is 9.10. The first-order chi connectivity index (χ1) is 16.6. The molecule has 6 nitrogen and oxygen atoms in total. The summed E-state index contributed by atoms with van der Waals surface area (Å²) in [4.78, 5) is 19.5. The second-order valence-corrected chi connectivity index (χ2v) is 9.56. The number of hydrogen-bond donors (Lipinski definition) is 1. The third-order valence-electron chi connectivity index (χ3n) is 6.71. The van der Waals surface area contributed by atoms with E-state index >= 15 is 0 Å². The molecule has 3 heterocycles. The summed E-state index contributed by atoms with van der Waals surface area (Å²) in [6.45, 7) is 0.662. The van der Waals surface area contributed by atoms with Gasteiger partial charge in [0, 0.05) is 27.6 Å². The fourth-order valence-electron chi connectivity index (χ4n) is 5.03. The molecular weight excluding hydrogens is 492 g/mol. The number of amides is 1. The van der Waals surface area contributed by atoms with Gasteiger partial charge in [0.15, 0.2) is 0 Å². The number of carbonyl (C=O) groups is 1. The van der Waals surface area contributed by atoms with Crippen molar-refractivity contribution in [3.63, 3.8) is 0 Å². The molecule has 6 rings (SSSR count). The van der Waals surface area contributed by atoms with Crippen molar-refractivity contribution in [3.8, 4) is 5.75 Å². The maximum Gasteiger partial charge on any atom is 0.262 e. The molecular formula is C27H23BrN4O2. The Balaban J connectivity index is 1.39. The van der Waals surface area contributed by atoms with Crippen LogP contribution < -0.4 is 4.74 Å². The summed E-state index contributed by atoms with van der Waals surface area (Å²) in [7, 11) is 1.64. The Kier molecular flexibility index (Phi) is 5.23. The molecule has 1 fully saturated rings. The van der Waals surface area contributed by atoms with Gasteiger partial charge >= 0.3 is 0 Å². The summed E-state index contributed by atoms with van der Waals surface area (Å²) in [5, 5.41) is 7.54. The largest absolute Gasteiger partial charge is 0.497 e. The molecule has 1 aromatic heterocycles. The highest BCUT2D eigenvalue weighted by Gasteiger charge is 2.49. The van der Waals surface area contributed by atoms with Crippen LogP contribution in [0, 0.1) is 0 Å². The van der Waals surface area contributed by atoms with E-state index in [1.807, 2.05) is 42.5 Å². The van der Waals surface area contributed by atoms with E-state index in [1.54, 1.807) is 18.3 Å². The summed E-state index contributed by atoms with van der Waals surface area (Å²) < 4.78 is 6.25. The van der Waals surface area contributed by atoms with Gasteiger partial charge in [0.2, 0.25) is 0 Å². The number of ether oxygens (including phenoxy) is 1. The van der Waals surface area contributed by atoms with Gasteiger partial charge in [-0.1, -0.05) is 46.3 Å². The topological polar surface area (TPSA) is 60.9 Å². The molecule has 0 saturated carbocycles. The van der Waals surface area contributed by atoms with E-state index in [0.717, 1.165) is 26.9 Å². The normalized spacial score (nSPS) is 20.2. The molecule has 2 atom stereocenters. The number of aromatic nitrogens is 1. The van der Waals surface area contributed by atoms with Crippen molar-refractivity contribution in [2.75, 3.05) is 7.11 Å². The molecule has 0 radical (unpaired) electrons. The lowest BCUT2D eigenvalue weighted by molar-refractivity contribution is -0.130. The van der Waals surface area contributed by atoms with Crippen LogP contribution in [0.4, 0.5) is 0 Å². The van der Waals surface area contributed by atoms with Gasteiger partial charge in [-0.15, -0.1) is 0 Å². The summed E-state index contributed by atoms with van der Waals surface area (Å²) in [6, 6.07) is 23.8. The minimum absolute atomic E-state index is 0.0219. The standard InChI is InChI=1S/C27H23BrN4O2/c1-34-20-12-6-17(7-13-20)15-29-32-26(18-8-10-19(28)11-9-18)31-16-24-22(14-25(31)27(32)33)21-4-2-3-5-23(21)30-24/h2-13,15,25-26,30H,14,16H2,1H3. The van der Waals surface area contributed by atoms with Crippen molar-refractivity contribution in [3.05, 3.63) is 99.7 Å². The highest BCUT2D eigenvalue weighted by atomic mass is 79.9. The molecule has 0 bridgehead atoms. The van der Waals surface area contributed by atoms with Crippen LogP contribution in [-0.4, -0.2) is 40.2 Å². The van der Waals surface area contributed by atoms with Crippen molar-refractivity contribution in [2.24, 2.45) is 5.10 Å². The third-order valence-corrected chi connectivity index (χ3v) is 7.24. The van der Waals surface area contributed by atoms with Crippen LogP contribution in [0.25, 0.3) is 10.9 Å². The van der Waals surface area contributed by atoms with E-state index in [9.17, 15) is 4.79 Å². The van der Waals surface area contributed by atoms with Crippen molar-refractivity contribution in [1.29, 1.82) is 0 Å². The minimum Gasteiger partial charge on any atom is -0.497 e. The van der Waals surface area contributed by atoms with Crippen LogP contribution in [0.1, 0.15) is 28.6 Å². The van der Waals surface area contributed by atoms with Crippen LogP contribution in [-0.2, 0) is 17.8 Å². The van der Waals surface area contributed by atoms with Crippen LogP contribution in [0.5, 0.6) is 5.75 Å². The molecule has 3 aromatic carbocycles. The van der Waals surface area contributed by atoms with E-state index in [0.29, 0.717) is 13.0 Å². The van der Waals surface area contributed by atoms with E-state index in [-0.39, 0.29) is 18.1 Å². The Bertz CT molecular complexity index is 1390. The number of hydrazone groups is 1. The van der Waals surface area contributed by atoms with Crippen LogP contribution >= 0.6 is 15.9 Å². The van der Waals surface area contributed by atoms with Crippen LogP contribution in [0.3, 0.4) is 0 Å². The number of rotatable bonds is 4. The average Bonchev–Trinajstić information content (AvgIpc) is 3.36. The SMILES string of the molecule is COc1ccc(C=NN2C(=O)C3Cc4c([nH]c5ccccc45)CN3C2c2ccc(Br)cc2)cc1. The lowest BCUT2D eigenvalue weighted by Crippen LogP contribution is -2.39. The number of nitrogens with zero attached hydrogens (tertiary/aromatic N) is 3. The third kappa shape index (κ3) is 3.52. The molecule has 1 amide bonds. The van der Waals surface area contributed by atoms with Crippen molar-refractivity contribution >= 4 is 39.0 Å². The number of benzene rings is 3. The zero-order chi connectivity index (χ0) is 23.2. The average molecular weight is 515 g/mol. The number of hydrogen-bond acceptors (Lipinski definition) is 4. The highest BCUT2D eigenvalue weighted by Crippen LogP contribution is 2.42. The molecule has 2 aliphatic heterocycles. The zero-order valence-electron chi connectivity index (χ0n) is 18.6. The molecule has 2 unspecified atom stereocenters. The second kappa shape index (κ2) is 8.42. The zero-order valence-corrected chi connectivity index (χ0v) is 20.2. The first kappa shape index (κ1) is 21.1. The Morgan fingerprint density at radius 3 is 2.59 bits per heavy atom. The van der Waals surface area contributed by atoms with Gasteiger partial charge in [0.05, 0.1) is 19.4 Å². The van der Waals surface area contributed by atoms with E-state index in [2.05, 4.69) is 56.1 Å². The number of methoxy groups -OCH3 is 1. The first-order valence-corrected chi connectivity index (χ1v) is 12.0. The number of H-pyrrole nitrogens is 1. The smallest absolute Gasteiger partial charge is 0.262 e. The molecule has 1 saturated heterocycles. The fraction of sp³-hybridized carbons (Fsp3) is 0.185. The Hall–Kier alpha value is -3.42. The summed E-state index contributed by atoms with van der Waals surface area (Å²) >= 11 is 3.52. The predicted molar refractivity (Wildman–Crippen MR) is 136 cm³/mol. The quantitative estimate of drug-likeness (QED) is 0.378. The number of aromatic amines is 1. The Morgan fingerprint density at radius 1 is 1.06 bits per heavy atom. The lowest BCUT2D eigenvalue weighted by Gasteiger charge is -2.32. The molecule has 4 aromatic rings. The number of para-hydroxylation sites is 1. The van der Waals surface area contributed by atoms with Gasteiger partial charge in [-0.05, 0) is 65.6 Å². The second-order valence-electron chi connectivity index (χ2n) is 8.65. The van der Waals surface area contributed by atoms with Gasteiger partial charge in [0.25, 0.3) is 5.91 Å². The van der Waals surface area contributed by atoms with Gasteiger partial charge in [-0.3, -0.25) is 9.69 Å². The van der Waals surface area contributed by atoms with Crippen molar-refractivity contribution in [1.82, 2.24) is 14.9 Å². The molecule has 1 N–H and O–H groups in total. The van der Waals surface area contributed by atoms with E-state index < -0.39 is 0 Å². The van der Waals surface area contributed by atoms with Gasteiger partial charge < -0.3 is 9.72 Å². The molecule has 34 heavy (non-hydrogen) atoms. The predicted octanol–water partition coefficient (Wildman–Crippen LogP) is 5.24. The minimum atomic E-state index is -0.278. The number of carbonyl (C=O) groups excluding carboxylic acids is 1. The summed E-state index contributed by atoms with van der Waals surface area (Å²) in [6.07, 6.45) is 2.13. The maximum absolute atomic E-state index is 13.7. The summed E-state index contributed by atoms with van der Waals surface area (Å²) in [5.41, 5.74) is 5.47. The summed E-state index contributed by atoms with van der Waals surface area (Å²) in [5.74, 6) is 0.807. The van der Waals surface area contributed by atoms with Gasteiger partial charge in [-0.25, -0.2) is 5.01 Å². The van der Waals surface area contributed by atoms with Crippen LogP contribution in [0.2, 0.25) is 0 Å².